The van der Waals surface area contributed by atoms with Gasteiger partial charge in [0.05, 0.1) is 13.2 Å². The van der Waals surface area contributed by atoms with Crippen molar-refractivity contribution >= 4 is 14.0 Å². The molecule has 0 N–H and O–H groups in total. The quantitative estimate of drug-likeness (QED) is 0.410. The molecule has 0 saturated heterocycles. The molecule has 0 aliphatic carbocycles. The van der Waals surface area contributed by atoms with Gasteiger partial charge in [-0.05, 0) is 13.0 Å². The van der Waals surface area contributed by atoms with Gasteiger partial charge < -0.3 is 0 Å². The van der Waals surface area contributed by atoms with Crippen molar-refractivity contribution in [1.29, 1.82) is 0 Å². The van der Waals surface area contributed by atoms with Crippen molar-refractivity contribution in [3.05, 3.63) is 24.8 Å². The summed E-state index contributed by atoms with van der Waals surface area (Å²) in [5.74, 6) is 0. The summed E-state index contributed by atoms with van der Waals surface area (Å²) in [4.78, 5) is 0. The van der Waals surface area contributed by atoms with Crippen LogP contribution in [0.3, 0.4) is 0 Å². The second-order valence-electron chi connectivity index (χ2n) is 2.97. The molecule has 0 aromatic carbocycles. The summed E-state index contributed by atoms with van der Waals surface area (Å²) in [6, 6.07) is 0. The standard InChI is InChI=1S/C7H11N2.F6P/c1-3-4-9-6-5-8(2)7-9;1-7(2,3,4,5)6/h3-7H,1-2H3;/q+1;-1. The normalized spacial score (nSPS) is 16.2. The molecule has 0 atom stereocenters. The molecule has 0 spiro atoms. The van der Waals surface area contributed by atoms with Crippen LogP contribution in [-0.2, 0) is 7.05 Å². The van der Waals surface area contributed by atoms with E-state index in [1.807, 2.05) is 54.1 Å². The van der Waals surface area contributed by atoms with E-state index in [1.54, 1.807) is 0 Å². The van der Waals surface area contributed by atoms with Crippen LogP contribution >= 0.6 is 7.81 Å². The van der Waals surface area contributed by atoms with Crippen LogP contribution in [0.25, 0.3) is 6.20 Å². The molecule has 0 aliphatic heterocycles. The Morgan fingerprint density at radius 1 is 1.12 bits per heavy atom. The Hall–Kier alpha value is -1.04. The van der Waals surface area contributed by atoms with E-state index in [9.17, 15) is 25.2 Å². The van der Waals surface area contributed by atoms with Crippen molar-refractivity contribution in [2.45, 2.75) is 6.92 Å². The van der Waals surface area contributed by atoms with Crippen LogP contribution in [-0.4, -0.2) is 4.57 Å². The molecule has 1 aromatic heterocycles. The Balaban J connectivity index is 0.000000293. The topological polar surface area (TPSA) is 8.81 Å². The van der Waals surface area contributed by atoms with Crippen molar-refractivity contribution in [3.63, 3.8) is 0 Å². The zero-order valence-corrected chi connectivity index (χ0v) is 9.39. The van der Waals surface area contributed by atoms with Crippen molar-refractivity contribution < 1.29 is 29.7 Å². The third kappa shape index (κ3) is 15.4. The van der Waals surface area contributed by atoms with E-state index in [0.29, 0.717) is 0 Å². The average molecular weight is 268 g/mol. The molecule has 0 fully saturated rings. The van der Waals surface area contributed by atoms with E-state index in [2.05, 4.69) is 0 Å². The summed E-state index contributed by atoms with van der Waals surface area (Å²) >= 11 is 0. The third-order valence-corrected chi connectivity index (χ3v) is 1.11. The molecule has 0 unspecified atom stereocenters. The maximum atomic E-state index is 9.87. The van der Waals surface area contributed by atoms with Crippen LogP contribution in [0.15, 0.2) is 24.8 Å². The van der Waals surface area contributed by atoms with Gasteiger partial charge in [-0.15, -0.1) is 0 Å². The van der Waals surface area contributed by atoms with Crippen molar-refractivity contribution in [3.8, 4) is 0 Å². The first-order valence-corrected chi connectivity index (χ1v) is 6.02. The molecule has 9 heteroatoms. The molecular formula is C7H11F6N2P. The minimum atomic E-state index is -10.7. The predicted molar refractivity (Wildman–Crippen MR) is 50.2 cm³/mol. The molecule has 0 aliphatic rings. The van der Waals surface area contributed by atoms with Gasteiger partial charge in [0.1, 0.15) is 12.4 Å². The van der Waals surface area contributed by atoms with Gasteiger partial charge >= 0.3 is 33.0 Å². The number of aryl methyl sites for hydroxylation is 1. The number of aromatic nitrogens is 2. The molecule has 2 nitrogen and oxygen atoms in total. The molecule has 0 amide bonds. The average Bonchev–Trinajstić information content (AvgIpc) is 2.29. The van der Waals surface area contributed by atoms with E-state index in [1.165, 1.54) is 0 Å². The summed E-state index contributed by atoms with van der Waals surface area (Å²) in [7, 11) is -8.66. The second-order valence-corrected chi connectivity index (χ2v) is 4.88. The van der Waals surface area contributed by atoms with Gasteiger partial charge in [0, 0.05) is 0 Å². The number of imidazole rings is 1. The first kappa shape index (κ1) is 15.0. The van der Waals surface area contributed by atoms with E-state index >= 15 is 0 Å². The van der Waals surface area contributed by atoms with Gasteiger partial charge in [0.2, 0.25) is 6.33 Å². The molecule has 1 heterocycles. The number of hydrogen-bond acceptors (Lipinski definition) is 0. The zero-order valence-electron chi connectivity index (χ0n) is 8.50. The molecule has 1 rings (SSSR count). The minimum absolute atomic E-state index is 2.00. The molecule has 1 aromatic rings. The Morgan fingerprint density at radius 3 is 1.81 bits per heavy atom. The monoisotopic (exact) mass is 268 g/mol. The Kier molecular flexibility index (Phi) is 3.52. The van der Waals surface area contributed by atoms with Crippen molar-refractivity contribution in [1.82, 2.24) is 4.57 Å². The van der Waals surface area contributed by atoms with Gasteiger partial charge in [0.25, 0.3) is 0 Å². The SMILES string of the molecule is CC=C[n+]1ccn(C)c1.F[P-](F)(F)(F)(F)F. The molecule has 16 heavy (non-hydrogen) atoms. The fourth-order valence-electron chi connectivity index (χ4n) is 0.730. The summed E-state index contributed by atoms with van der Waals surface area (Å²) in [5, 5.41) is 0. The first-order valence-electron chi connectivity index (χ1n) is 4.00. The van der Waals surface area contributed by atoms with Crippen LogP contribution in [0, 0.1) is 0 Å². The van der Waals surface area contributed by atoms with Gasteiger partial charge in [-0.1, -0.05) is 0 Å². The molecule has 0 radical (unpaired) electrons. The predicted octanol–water partition coefficient (Wildman–Crippen LogP) is 4.19. The Labute approximate surface area is 88.0 Å². The number of allylic oxidation sites excluding steroid dienone is 1. The van der Waals surface area contributed by atoms with Gasteiger partial charge in [-0.2, -0.15) is 0 Å². The van der Waals surface area contributed by atoms with Gasteiger partial charge in [0.15, 0.2) is 0 Å². The number of rotatable bonds is 1. The Bertz CT molecular complexity index is 364. The maximum absolute atomic E-state index is 10.7. The summed E-state index contributed by atoms with van der Waals surface area (Å²) in [5.41, 5.74) is 0. The van der Waals surface area contributed by atoms with Crippen LogP contribution in [0.1, 0.15) is 6.92 Å². The summed E-state index contributed by atoms with van der Waals surface area (Å²) < 4.78 is 63.2. The summed E-state index contributed by atoms with van der Waals surface area (Å²) in [6.45, 7) is 2.00. The van der Waals surface area contributed by atoms with E-state index in [0.717, 1.165) is 0 Å². The van der Waals surface area contributed by atoms with Crippen LogP contribution in [0.5, 0.6) is 0 Å². The second kappa shape index (κ2) is 3.76. The van der Waals surface area contributed by atoms with Crippen LogP contribution in [0.4, 0.5) is 25.2 Å². The van der Waals surface area contributed by atoms with Crippen molar-refractivity contribution in [2.24, 2.45) is 7.05 Å². The van der Waals surface area contributed by atoms with Gasteiger partial charge in [-0.3, -0.25) is 0 Å². The van der Waals surface area contributed by atoms with Crippen LogP contribution in [0.2, 0.25) is 0 Å². The molecule has 96 valence electrons. The molecule has 0 saturated carbocycles. The molecule has 0 bridgehead atoms. The van der Waals surface area contributed by atoms with Gasteiger partial charge in [-0.25, -0.2) is 9.13 Å². The van der Waals surface area contributed by atoms with E-state index in [4.69, 9.17) is 0 Å². The first-order chi connectivity index (χ1) is 6.78. The van der Waals surface area contributed by atoms with Crippen molar-refractivity contribution in [2.75, 3.05) is 0 Å². The fraction of sp³-hybridized carbons (Fsp3) is 0.286. The molecular weight excluding hydrogens is 257 g/mol. The number of halogens is 6. The Morgan fingerprint density at radius 2 is 1.56 bits per heavy atom. The number of nitrogens with zero attached hydrogens (tertiary/aromatic N) is 2. The fourth-order valence-corrected chi connectivity index (χ4v) is 0.730. The number of hydrogen-bond donors (Lipinski definition) is 0. The summed E-state index contributed by atoms with van der Waals surface area (Å²) in [6.07, 6.45) is 10.0. The van der Waals surface area contributed by atoms with E-state index in [-0.39, 0.29) is 0 Å². The third-order valence-electron chi connectivity index (χ3n) is 1.11. The van der Waals surface area contributed by atoms with E-state index < -0.39 is 7.81 Å². The van der Waals surface area contributed by atoms with Crippen LogP contribution < -0.4 is 4.57 Å². The zero-order chi connectivity index (χ0) is 13.1.